The van der Waals surface area contributed by atoms with E-state index in [0.29, 0.717) is 6.42 Å². The molecular weight excluding hydrogens is 335 g/mol. The van der Waals surface area contributed by atoms with Crippen LogP contribution in [0.25, 0.3) is 0 Å². The van der Waals surface area contributed by atoms with Crippen LogP contribution in [-0.4, -0.2) is 31.6 Å². The second kappa shape index (κ2) is 6.70. The molecule has 0 aromatic carbocycles. The Balaban J connectivity index is 3.74. The van der Waals surface area contributed by atoms with Gasteiger partial charge < -0.3 is 0 Å². The molecule has 0 fully saturated rings. The van der Waals surface area contributed by atoms with Crippen molar-refractivity contribution in [2.24, 2.45) is 0 Å². The van der Waals surface area contributed by atoms with Crippen LogP contribution in [0.2, 0.25) is 3.98 Å². The van der Waals surface area contributed by atoms with Gasteiger partial charge in [-0.1, -0.05) is 0 Å². The number of carbonyl (C=O) groups is 1. The third-order valence-corrected chi connectivity index (χ3v) is 1.91. The van der Waals surface area contributed by atoms with Gasteiger partial charge in [0.2, 0.25) is 0 Å². The van der Waals surface area contributed by atoms with Crippen molar-refractivity contribution in [3.05, 3.63) is 24.1 Å². The van der Waals surface area contributed by atoms with E-state index in [4.69, 9.17) is 0 Å². The number of hydrogen-bond donors (Lipinski definition) is 0. The van der Waals surface area contributed by atoms with E-state index in [1.165, 1.54) is 13.0 Å². The van der Waals surface area contributed by atoms with Crippen LogP contribution in [0.5, 0.6) is 0 Å². The third-order valence-electron chi connectivity index (χ3n) is 0.995. The van der Waals surface area contributed by atoms with Crippen LogP contribution in [-0.2, 0) is 4.79 Å². The van der Waals surface area contributed by atoms with Crippen LogP contribution < -0.4 is 0 Å². The Labute approximate surface area is 82.0 Å². The number of allylic oxidation sites excluding steroid dienone is 4. The Kier molecular flexibility index (Phi) is 6.70. The van der Waals surface area contributed by atoms with Gasteiger partial charge in [0.05, 0.1) is 0 Å². The van der Waals surface area contributed by atoms with Crippen molar-refractivity contribution in [1.82, 2.24) is 0 Å². The van der Waals surface area contributed by atoms with Crippen LogP contribution in [0.4, 0.5) is 4.39 Å². The molecular formula is C8H10FOTl. The number of Topliss-reactive ketones (excluding diaryl/α,β-unsaturated/α-hetero) is 1. The first-order chi connectivity index (χ1) is 5.16. The van der Waals surface area contributed by atoms with Gasteiger partial charge in [-0.15, -0.1) is 0 Å². The fourth-order valence-electron chi connectivity index (χ4n) is 0.518. The van der Waals surface area contributed by atoms with Crippen molar-refractivity contribution < 1.29 is 9.18 Å². The molecule has 0 amide bonds. The normalized spacial score (nSPS) is 12.3. The molecule has 0 spiro atoms. The first-order valence-electron chi connectivity index (χ1n) is 3.38. The minimum absolute atomic E-state index is 0.0572. The molecule has 0 aliphatic carbocycles. The molecule has 0 rings (SSSR count). The number of ketones is 1. The van der Waals surface area contributed by atoms with Crippen LogP contribution in [0.15, 0.2) is 24.1 Å². The van der Waals surface area contributed by atoms with E-state index in [2.05, 4.69) is 0 Å². The van der Waals surface area contributed by atoms with Crippen LogP contribution in [0, 0.1) is 0 Å². The van der Waals surface area contributed by atoms with E-state index in [9.17, 15) is 9.18 Å². The molecule has 0 unspecified atom stereocenters. The number of hydrogen-bond acceptors (Lipinski definition) is 1. The minimum atomic E-state index is -0.228. The molecule has 0 radical (unpaired) electrons. The summed E-state index contributed by atoms with van der Waals surface area (Å²) in [5, 5.41) is 0. The second-order valence-corrected chi connectivity index (χ2v) is 3.97. The molecule has 0 bridgehead atoms. The summed E-state index contributed by atoms with van der Waals surface area (Å²) >= 11 is 0.798. The van der Waals surface area contributed by atoms with Crippen molar-refractivity contribution in [2.75, 3.05) is 0 Å². The maximum atomic E-state index is 12.5. The monoisotopic (exact) mass is 346 g/mol. The van der Waals surface area contributed by atoms with Gasteiger partial charge in [-0.25, -0.2) is 0 Å². The van der Waals surface area contributed by atoms with Gasteiger partial charge in [0, 0.05) is 0 Å². The molecule has 0 atom stereocenters. The topological polar surface area (TPSA) is 17.1 Å². The SMILES string of the molecule is CC(=O)C/C=C\C(F)=C/[CH2][Tl]. The van der Waals surface area contributed by atoms with E-state index < -0.39 is 0 Å². The van der Waals surface area contributed by atoms with Crippen LogP contribution >= 0.6 is 0 Å². The Morgan fingerprint density at radius 1 is 1.64 bits per heavy atom. The molecule has 58 valence electrons. The average molecular weight is 346 g/mol. The summed E-state index contributed by atoms with van der Waals surface area (Å²) in [5.41, 5.74) is 0. The molecule has 0 heterocycles. The van der Waals surface area contributed by atoms with Gasteiger partial charge >= 0.3 is 82.1 Å². The molecule has 11 heavy (non-hydrogen) atoms. The zero-order valence-electron chi connectivity index (χ0n) is 6.51. The Bertz CT molecular complexity index is 185. The fourth-order valence-corrected chi connectivity index (χ4v) is 1.39. The van der Waals surface area contributed by atoms with E-state index in [0.717, 1.165) is 29.7 Å². The summed E-state index contributed by atoms with van der Waals surface area (Å²) in [4.78, 5) is 10.4. The predicted octanol–water partition coefficient (Wildman–Crippen LogP) is 1.96. The van der Waals surface area contributed by atoms with Gasteiger partial charge in [0.25, 0.3) is 0 Å². The Hall–Kier alpha value is 0.00208. The zero-order chi connectivity index (χ0) is 8.69. The Morgan fingerprint density at radius 3 is 2.73 bits per heavy atom. The van der Waals surface area contributed by atoms with Gasteiger partial charge in [0.1, 0.15) is 0 Å². The number of halogens is 1. The summed E-state index contributed by atoms with van der Waals surface area (Å²) in [7, 11) is 0. The second-order valence-electron chi connectivity index (χ2n) is 2.13. The molecule has 0 aliphatic rings. The van der Waals surface area contributed by atoms with Gasteiger partial charge in [-0.3, -0.25) is 0 Å². The summed E-state index contributed by atoms with van der Waals surface area (Å²) < 4.78 is 13.4. The average Bonchev–Trinajstić information content (AvgIpc) is 1.87. The molecule has 0 saturated carbocycles. The van der Waals surface area contributed by atoms with E-state index >= 15 is 0 Å². The summed E-state index contributed by atoms with van der Waals surface area (Å²) in [5.74, 6) is -0.171. The zero-order valence-corrected chi connectivity index (χ0v) is 11.0. The summed E-state index contributed by atoms with van der Waals surface area (Å²) in [6.45, 7) is 1.49. The van der Waals surface area contributed by atoms with Crippen molar-refractivity contribution in [3.63, 3.8) is 0 Å². The summed E-state index contributed by atoms with van der Waals surface area (Å²) in [6.07, 6.45) is 4.77. The number of rotatable bonds is 4. The first-order valence-corrected chi connectivity index (χ1v) is 6.56. The van der Waals surface area contributed by atoms with Gasteiger partial charge in [-0.05, 0) is 0 Å². The van der Waals surface area contributed by atoms with Gasteiger partial charge in [-0.2, -0.15) is 0 Å². The quantitative estimate of drug-likeness (QED) is 0.562. The maximum absolute atomic E-state index is 12.5. The fraction of sp³-hybridized carbons (Fsp3) is 0.375. The van der Waals surface area contributed by atoms with Crippen LogP contribution in [0.1, 0.15) is 13.3 Å². The third kappa shape index (κ3) is 7.90. The molecule has 0 aromatic rings. The Morgan fingerprint density at radius 2 is 2.27 bits per heavy atom. The van der Waals surface area contributed by atoms with Crippen molar-refractivity contribution in [1.29, 1.82) is 0 Å². The van der Waals surface area contributed by atoms with E-state index in [1.54, 1.807) is 12.2 Å². The van der Waals surface area contributed by atoms with Crippen molar-refractivity contribution >= 4 is 31.6 Å². The van der Waals surface area contributed by atoms with Crippen LogP contribution in [0.3, 0.4) is 0 Å². The molecule has 0 N–H and O–H groups in total. The van der Waals surface area contributed by atoms with E-state index in [1.807, 2.05) is 0 Å². The molecule has 0 aliphatic heterocycles. The molecule has 1 nitrogen and oxygen atoms in total. The molecule has 3 heteroatoms. The van der Waals surface area contributed by atoms with Crippen molar-refractivity contribution in [2.45, 2.75) is 17.3 Å². The molecule has 0 aromatic heterocycles. The standard InChI is InChI=1S/C8H10FO.Tl/c1-3-8(9)6-4-5-7(2)10;/h3-4,6H,1,5H2,2H3;/b6-4-,8-3+;. The summed E-state index contributed by atoms with van der Waals surface area (Å²) in [6, 6.07) is 0. The molecule has 0 saturated heterocycles. The van der Waals surface area contributed by atoms with Crippen molar-refractivity contribution in [3.8, 4) is 0 Å². The predicted molar refractivity (Wildman–Crippen MR) is 44.2 cm³/mol. The van der Waals surface area contributed by atoms with Gasteiger partial charge in [0.15, 0.2) is 0 Å². The van der Waals surface area contributed by atoms with E-state index in [-0.39, 0.29) is 11.6 Å². The number of carbonyl (C=O) groups excluding carboxylic acids is 1. The first kappa shape index (κ1) is 11.0.